The minimum absolute atomic E-state index is 0.144. The highest BCUT2D eigenvalue weighted by Crippen LogP contribution is 2.39. The predicted molar refractivity (Wildman–Crippen MR) is 73.4 cm³/mol. The molecule has 3 rings (SSSR count). The normalized spacial score (nSPS) is 31.4. The first-order valence-electron chi connectivity index (χ1n) is 7.28. The fraction of sp³-hybridized carbons (Fsp3) is 0.625. The van der Waals surface area contributed by atoms with Crippen molar-refractivity contribution < 1.29 is 5.11 Å². The molecule has 1 saturated heterocycles. The van der Waals surface area contributed by atoms with E-state index in [-0.39, 0.29) is 11.6 Å². The molecule has 1 saturated carbocycles. The molecule has 2 N–H and O–H groups in total. The van der Waals surface area contributed by atoms with Gasteiger partial charge in [-0.2, -0.15) is 0 Å². The smallest absolute Gasteiger partial charge is 0.0576 e. The summed E-state index contributed by atoms with van der Waals surface area (Å²) < 4.78 is 0. The Bertz CT molecular complexity index is 383. The second-order valence-corrected chi connectivity index (χ2v) is 6.04. The lowest BCUT2D eigenvalue weighted by atomic mass is 9.73. The molecule has 0 aromatic heterocycles. The molecule has 1 aromatic carbocycles. The van der Waals surface area contributed by atoms with Gasteiger partial charge in [0.2, 0.25) is 0 Å². The molecule has 2 heteroatoms. The van der Waals surface area contributed by atoms with Crippen molar-refractivity contribution in [1.82, 2.24) is 5.32 Å². The predicted octanol–water partition coefficient (Wildman–Crippen LogP) is 3.17. The largest absolute Gasteiger partial charge is 0.393 e. The average Bonchev–Trinajstić information content (AvgIpc) is 2.40. The number of aliphatic hydroxyl groups is 1. The van der Waals surface area contributed by atoms with E-state index in [1.807, 2.05) is 0 Å². The average molecular weight is 245 g/mol. The molecule has 2 fully saturated rings. The van der Waals surface area contributed by atoms with Gasteiger partial charge in [0.25, 0.3) is 0 Å². The Kier molecular flexibility index (Phi) is 3.40. The monoisotopic (exact) mass is 245 g/mol. The van der Waals surface area contributed by atoms with Gasteiger partial charge in [-0.15, -0.1) is 0 Å². The molecule has 0 radical (unpaired) electrons. The second-order valence-electron chi connectivity index (χ2n) is 6.04. The van der Waals surface area contributed by atoms with Crippen LogP contribution in [0.5, 0.6) is 0 Å². The number of nitrogens with one attached hydrogen (secondary N) is 1. The van der Waals surface area contributed by atoms with Crippen molar-refractivity contribution in [2.45, 2.75) is 62.6 Å². The summed E-state index contributed by atoms with van der Waals surface area (Å²) in [5.74, 6) is 0. The zero-order valence-corrected chi connectivity index (χ0v) is 10.9. The van der Waals surface area contributed by atoms with Gasteiger partial charge < -0.3 is 10.4 Å². The maximum absolute atomic E-state index is 10.2. The Balaban J connectivity index is 1.80. The van der Waals surface area contributed by atoms with Gasteiger partial charge in [-0.3, -0.25) is 0 Å². The van der Waals surface area contributed by atoms with Gasteiger partial charge in [-0.1, -0.05) is 49.6 Å². The Morgan fingerprint density at radius 3 is 2.50 bits per heavy atom. The summed E-state index contributed by atoms with van der Waals surface area (Å²) in [6, 6.07) is 10.9. The molecule has 0 amide bonds. The van der Waals surface area contributed by atoms with Crippen LogP contribution in [0.4, 0.5) is 0 Å². The molecule has 1 heterocycles. The van der Waals surface area contributed by atoms with Crippen LogP contribution in [0.15, 0.2) is 30.3 Å². The summed E-state index contributed by atoms with van der Waals surface area (Å²) in [5, 5.41) is 14.1. The first kappa shape index (κ1) is 12.2. The van der Waals surface area contributed by atoms with E-state index in [0.717, 1.165) is 12.8 Å². The maximum Gasteiger partial charge on any atom is 0.0576 e. The molecule has 2 atom stereocenters. The highest BCUT2D eigenvalue weighted by atomic mass is 16.3. The number of aliphatic hydroxyl groups excluding tert-OH is 1. The van der Waals surface area contributed by atoms with E-state index in [0.29, 0.717) is 6.04 Å². The minimum Gasteiger partial charge on any atom is -0.393 e. The minimum atomic E-state index is -0.144. The van der Waals surface area contributed by atoms with Gasteiger partial charge in [-0.05, 0) is 31.2 Å². The molecular weight excluding hydrogens is 222 g/mol. The summed E-state index contributed by atoms with van der Waals surface area (Å²) >= 11 is 0. The molecule has 2 nitrogen and oxygen atoms in total. The summed E-state index contributed by atoms with van der Waals surface area (Å²) in [6.45, 7) is 0. The number of rotatable bonds is 1. The quantitative estimate of drug-likeness (QED) is 0.796. The van der Waals surface area contributed by atoms with Crippen LogP contribution < -0.4 is 5.32 Å². The van der Waals surface area contributed by atoms with E-state index in [1.54, 1.807) is 0 Å². The van der Waals surface area contributed by atoms with E-state index < -0.39 is 0 Å². The third-order valence-electron chi connectivity index (χ3n) is 4.63. The number of hydrogen-bond acceptors (Lipinski definition) is 2. The number of hydrogen-bond donors (Lipinski definition) is 2. The van der Waals surface area contributed by atoms with Gasteiger partial charge in [0.1, 0.15) is 0 Å². The van der Waals surface area contributed by atoms with E-state index in [2.05, 4.69) is 35.6 Å². The lowest BCUT2D eigenvalue weighted by molar-refractivity contribution is 0.0347. The SMILES string of the molecule is O[C@H]1C[C@H](c2ccccc2)NC2(CCCCC2)C1. The Morgan fingerprint density at radius 2 is 1.78 bits per heavy atom. The van der Waals surface area contributed by atoms with Crippen LogP contribution in [0.25, 0.3) is 0 Å². The second kappa shape index (κ2) is 5.02. The number of piperidine rings is 1. The van der Waals surface area contributed by atoms with E-state index >= 15 is 0 Å². The molecule has 1 aromatic rings. The standard InChI is InChI=1S/C16H23NO/c18-14-11-15(13-7-3-1-4-8-13)17-16(12-14)9-5-2-6-10-16/h1,3-4,7-8,14-15,17-18H,2,5-6,9-12H2/t14-,15+/m0/s1. The molecule has 18 heavy (non-hydrogen) atoms. The van der Waals surface area contributed by atoms with Crippen molar-refractivity contribution >= 4 is 0 Å². The summed E-state index contributed by atoms with van der Waals surface area (Å²) in [6.07, 6.45) is 8.08. The number of benzene rings is 1. The van der Waals surface area contributed by atoms with Crippen LogP contribution >= 0.6 is 0 Å². The zero-order chi connectivity index (χ0) is 12.4. The van der Waals surface area contributed by atoms with Crippen molar-refractivity contribution in [3.05, 3.63) is 35.9 Å². The first-order chi connectivity index (χ1) is 8.77. The van der Waals surface area contributed by atoms with E-state index in [1.165, 1.54) is 37.7 Å². The van der Waals surface area contributed by atoms with Crippen LogP contribution in [0, 0.1) is 0 Å². The fourth-order valence-corrected chi connectivity index (χ4v) is 3.78. The fourth-order valence-electron chi connectivity index (χ4n) is 3.78. The van der Waals surface area contributed by atoms with Crippen molar-refractivity contribution in [3.8, 4) is 0 Å². The molecule has 1 aliphatic heterocycles. The maximum atomic E-state index is 10.2. The highest BCUT2D eigenvalue weighted by Gasteiger charge is 2.40. The Morgan fingerprint density at radius 1 is 1.06 bits per heavy atom. The zero-order valence-electron chi connectivity index (χ0n) is 10.9. The van der Waals surface area contributed by atoms with Crippen molar-refractivity contribution in [1.29, 1.82) is 0 Å². The topological polar surface area (TPSA) is 32.3 Å². The first-order valence-corrected chi connectivity index (χ1v) is 7.28. The lowest BCUT2D eigenvalue weighted by Gasteiger charge is -2.47. The van der Waals surface area contributed by atoms with Crippen LogP contribution in [-0.2, 0) is 0 Å². The van der Waals surface area contributed by atoms with Crippen LogP contribution in [0.1, 0.15) is 56.6 Å². The summed E-state index contributed by atoms with van der Waals surface area (Å²) in [7, 11) is 0. The Hall–Kier alpha value is -0.860. The van der Waals surface area contributed by atoms with Gasteiger partial charge >= 0.3 is 0 Å². The van der Waals surface area contributed by atoms with Crippen LogP contribution in [-0.4, -0.2) is 16.7 Å². The van der Waals surface area contributed by atoms with Crippen molar-refractivity contribution in [2.24, 2.45) is 0 Å². The van der Waals surface area contributed by atoms with Crippen molar-refractivity contribution in [3.63, 3.8) is 0 Å². The van der Waals surface area contributed by atoms with Crippen LogP contribution in [0.3, 0.4) is 0 Å². The van der Waals surface area contributed by atoms with E-state index in [9.17, 15) is 5.11 Å². The van der Waals surface area contributed by atoms with Gasteiger partial charge in [-0.25, -0.2) is 0 Å². The molecular formula is C16H23NO. The van der Waals surface area contributed by atoms with E-state index in [4.69, 9.17) is 0 Å². The third kappa shape index (κ3) is 2.45. The van der Waals surface area contributed by atoms with Gasteiger partial charge in [0.15, 0.2) is 0 Å². The molecule has 1 spiro atoms. The molecule has 98 valence electrons. The van der Waals surface area contributed by atoms with Crippen molar-refractivity contribution in [2.75, 3.05) is 0 Å². The third-order valence-corrected chi connectivity index (χ3v) is 4.63. The Labute approximate surface area is 109 Å². The summed E-state index contributed by atoms with van der Waals surface area (Å²) in [5.41, 5.74) is 1.53. The molecule has 0 unspecified atom stereocenters. The lowest BCUT2D eigenvalue weighted by Crippen LogP contribution is -2.54. The van der Waals surface area contributed by atoms with Crippen LogP contribution in [0.2, 0.25) is 0 Å². The van der Waals surface area contributed by atoms with Gasteiger partial charge in [0, 0.05) is 11.6 Å². The molecule has 2 aliphatic rings. The van der Waals surface area contributed by atoms with Gasteiger partial charge in [0.05, 0.1) is 6.10 Å². The highest BCUT2D eigenvalue weighted by molar-refractivity contribution is 5.21. The molecule has 1 aliphatic carbocycles. The summed E-state index contributed by atoms with van der Waals surface area (Å²) in [4.78, 5) is 0. The molecule has 0 bridgehead atoms.